The number of pyridine rings is 9. The highest BCUT2D eigenvalue weighted by Crippen LogP contribution is 2.54. The number of rotatable bonds is 15. The van der Waals surface area contributed by atoms with E-state index in [0.717, 1.165) is 11.1 Å². The van der Waals surface area contributed by atoms with Crippen molar-refractivity contribution in [3.05, 3.63) is 251 Å². The number of piperazine rings is 3. The summed E-state index contributed by atoms with van der Waals surface area (Å²) in [6, 6.07) is 14.8. The van der Waals surface area contributed by atoms with Crippen LogP contribution in [0.4, 0.5) is 38.5 Å². The number of hydrogen-bond acceptors (Lipinski definition) is 21. The predicted octanol–water partition coefficient (Wildman–Crippen LogP) is 24.1. The molecule has 3 aromatic carbocycles. The highest BCUT2D eigenvalue weighted by molar-refractivity contribution is 6.55. The third kappa shape index (κ3) is 19.0. The number of nitrogens with two attached hydrogens (primary N) is 3. The van der Waals surface area contributed by atoms with Gasteiger partial charge in [0.05, 0.1) is 161 Å². The fourth-order valence-electron chi connectivity index (χ4n) is 18.8. The number of nitrogen functional groups attached to an aromatic ring is 3. The quantitative estimate of drug-likeness (QED) is 0.0371. The van der Waals surface area contributed by atoms with E-state index in [4.69, 9.17) is 195 Å². The summed E-state index contributed by atoms with van der Waals surface area (Å²) in [6.45, 7) is 41.3. The topological polar surface area (TPSA) is 363 Å². The molecule has 9 aromatic heterocycles. The maximum atomic E-state index is 15.8. The molecule has 12 aromatic rings. The van der Waals surface area contributed by atoms with Gasteiger partial charge in [0.15, 0.2) is 5.82 Å². The van der Waals surface area contributed by atoms with Gasteiger partial charge in [-0.25, -0.2) is 19.3 Å². The molecular weight excluding hydrogens is 2090 g/mol. The first kappa shape index (κ1) is 107. The second-order valence-electron chi connectivity index (χ2n) is 35.3. The summed E-state index contributed by atoms with van der Waals surface area (Å²) in [5, 5.41) is 32.0. The van der Waals surface area contributed by atoms with Crippen LogP contribution in [0.25, 0.3) is 83.9 Å². The average molecular weight is 2190 g/mol. The molecule has 0 unspecified atom stereocenters. The van der Waals surface area contributed by atoms with E-state index in [0.29, 0.717) is 93.4 Å². The highest BCUT2D eigenvalue weighted by Gasteiger charge is 2.42. The lowest BCUT2D eigenvalue weighted by molar-refractivity contribution is -0.131. The van der Waals surface area contributed by atoms with Gasteiger partial charge < -0.3 is 46.6 Å². The van der Waals surface area contributed by atoms with E-state index in [2.05, 4.69) is 52.9 Å². The minimum atomic E-state index is -0.994. The second kappa shape index (κ2) is 42.6. The fourth-order valence-corrected chi connectivity index (χ4v) is 22.4. The third-order valence-corrected chi connectivity index (χ3v) is 30.6. The van der Waals surface area contributed by atoms with E-state index < -0.39 is 28.2 Å². The first-order valence-electron chi connectivity index (χ1n) is 43.9. The van der Waals surface area contributed by atoms with Crippen LogP contribution in [-0.4, -0.2) is 152 Å². The van der Waals surface area contributed by atoms with Crippen LogP contribution < -0.4 is 48.6 Å². The van der Waals surface area contributed by atoms with Gasteiger partial charge in [-0.05, 0) is 151 Å². The third-order valence-electron chi connectivity index (χ3n) is 24.9. The van der Waals surface area contributed by atoms with Gasteiger partial charge in [0.2, 0.25) is 17.7 Å². The standard InChI is InChI=1S/2C33H30Cl5N7O2.C33H30Cl4FN7O2/c2*1-7-21(46)44-16(5)12-43(13-17(44)6)31-18-10-20(34)29(22-23(35)25(37)26(38)27(40)24(22)36)42-32(18)45(33(47)19(31)11-39)30-15(4)8-9-41-28(30)14(2)3;1-7-21(46)44-16(5)12-43(13-17(44)6)31-18-10-20(34)29(22-23(35)24(36)25(37)27(40)26(22)38)42-32(18)45(33(47)19(31)11-39)30-15(4)8-9-41-28(30)14(2)3/h3*7-10,14,16-17H,1,12-13,40H2,2-6H3/t3*16-,17+. The lowest BCUT2D eigenvalue weighted by Crippen LogP contribution is -2.58. The summed E-state index contributed by atoms with van der Waals surface area (Å²) in [7, 11) is 0. The minimum absolute atomic E-state index is 0.0197. The Hall–Kier alpha value is -10.9. The Balaban J connectivity index is 0.000000178. The van der Waals surface area contributed by atoms with Crippen molar-refractivity contribution in [3.63, 3.8) is 0 Å². The molecule has 3 fully saturated rings. The normalized spacial score (nSPS) is 16.6. The van der Waals surface area contributed by atoms with Crippen molar-refractivity contribution in [1.82, 2.24) is 58.3 Å². The van der Waals surface area contributed by atoms with Crippen molar-refractivity contribution >= 4 is 247 Å². The van der Waals surface area contributed by atoms with Crippen LogP contribution in [0, 0.1) is 60.6 Å². The number of amides is 3. The first-order chi connectivity index (χ1) is 66.5. The summed E-state index contributed by atoms with van der Waals surface area (Å²) in [6.07, 6.45) is 8.79. The Morgan fingerprint density at radius 3 is 0.851 bits per heavy atom. The Bertz CT molecular complexity index is 6850. The monoisotopic (exact) mass is 2180 g/mol. The number of nitrogens with zero attached hydrogens (tertiary/aromatic N) is 18. The smallest absolute Gasteiger partial charge is 0.276 e. The molecule has 0 radical (unpaired) electrons. The molecule has 12 heterocycles. The van der Waals surface area contributed by atoms with Gasteiger partial charge in [0, 0.05) is 121 Å². The number of anilines is 6. The molecule has 0 spiro atoms. The van der Waals surface area contributed by atoms with E-state index in [9.17, 15) is 44.6 Å². The summed E-state index contributed by atoms with van der Waals surface area (Å²) in [5.74, 6) is -1.97. The van der Waals surface area contributed by atoms with Crippen LogP contribution in [0.2, 0.25) is 70.3 Å². The molecule has 3 aliphatic heterocycles. The molecule has 3 saturated heterocycles. The van der Waals surface area contributed by atoms with Crippen LogP contribution in [0.3, 0.4) is 0 Å². The van der Waals surface area contributed by atoms with Crippen LogP contribution in [0.5, 0.6) is 0 Å². The molecule has 0 bridgehead atoms. The van der Waals surface area contributed by atoms with E-state index in [1.807, 2.05) is 119 Å². The van der Waals surface area contributed by atoms with Gasteiger partial charge >= 0.3 is 0 Å². The van der Waals surface area contributed by atoms with Gasteiger partial charge in [-0.2, -0.15) is 15.8 Å². The summed E-state index contributed by atoms with van der Waals surface area (Å²) in [5.41, 5.74) is 22.2. The molecule has 732 valence electrons. The highest BCUT2D eigenvalue weighted by atomic mass is 35.5. The number of halogens is 15. The van der Waals surface area contributed by atoms with Crippen molar-refractivity contribution < 1.29 is 18.8 Å². The largest absolute Gasteiger partial charge is 0.396 e. The van der Waals surface area contributed by atoms with E-state index in [1.165, 1.54) is 38.0 Å². The number of carbonyl (C=O) groups excluding carboxylic acids is 3. The maximum absolute atomic E-state index is 15.8. The number of aromatic nitrogens is 9. The summed E-state index contributed by atoms with van der Waals surface area (Å²) >= 11 is 91.9. The predicted molar refractivity (Wildman–Crippen MR) is 570 cm³/mol. The number of aryl methyl sites for hydroxylation is 3. The molecule has 3 aliphatic rings. The SMILES string of the molecule is C=CC(=O)N1[C@H](C)CN(c2c(C#N)c(=O)n(-c3c(C)ccnc3C(C)C)c3nc(-c4c(Cl)c(N)c(Cl)c(Cl)c4Cl)c(Cl)cc23)C[C@@H]1C.C=CC(=O)N1[C@H](C)CN(c2c(C#N)c(=O)n(-c3c(C)ccnc3C(C)C)c3nc(-c4c(Cl)c(N)c(Cl)c(Cl)c4Cl)c(Cl)cc23)C[C@@H]1C.C=CC(=O)N1[C@H](C)CN(c2c(C#N)c(=O)n(-c3c(C)ccnc3C(C)C)c3nc(-c4c(F)c(N)c(Cl)c(Cl)c4Cl)c(Cl)cc23)C[C@@H]1C. The van der Waals surface area contributed by atoms with E-state index in [1.54, 1.807) is 63.6 Å². The number of hydrogen-bond donors (Lipinski definition) is 3. The molecule has 3 amide bonds. The number of fused-ring (bicyclic) bond motifs is 3. The molecule has 42 heteroatoms. The van der Waals surface area contributed by atoms with Gasteiger partial charge in [-0.15, -0.1) is 0 Å². The average Bonchev–Trinajstić information content (AvgIpc) is 0.725. The minimum Gasteiger partial charge on any atom is -0.396 e. The molecule has 6 N–H and O–H groups in total. The van der Waals surface area contributed by atoms with Gasteiger partial charge in [0.1, 0.15) is 51.8 Å². The van der Waals surface area contributed by atoms with Crippen LogP contribution in [-0.2, 0) is 14.4 Å². The van der Waals surface area contributed by atoms with Crippen molar-refractivity contribution in [3.8, 4) is 69.0 Å². The molecule has 6 atom stereocenters. The molecule has 141 heavy (non-hydrogen) atoms. The fraction of sp³-hybridized carbons (Fsp3) is 0.303. The molecule has 0 aliphatic carbocycles. The number of nitriles is 3. The zero-order valence-corrected chi connectivity index (χ0v) is 89.0. The van der Waals surface area contributed by atoms with Crippen LogP contribution >= 0.6 is 162 Å². The molecule has 0 saturated carbocycles. The Labute approximate surface area is 881 Å². The molecule has 15 rings (SSSR count). The molecule has 27 nitrogen and oxygen atoms in total. The van der Waals surface area contributed by atoms with Crippen LogP contribution in [0.1, 0.15) is 151 Å². The Morgan fingerprint density at radius 1 is 0.383 bits per heavy atom. The molecular formula is C99H90Cl14FN21O6. The zero-order valence-electron chi connectivity index (χ0n) is 78.4. The van der Waals surface area contributed by atoms with Crippen molar-refractivity contribution in [2.24, 2.45) is 0 Å². The summed E-state index contributed by atoms with van der Waals surface area (Å²) in [4.78, 5) is 121. The zero-order chi connectivity index (χ0) is 104. The van der Waals surface area contributed by atoms with E-state index >= 15 is 4.39 Å². The second-order valence-corrected chi connectivity index (χ2v) is 40.7. The van der Waals surface area contributed by atoms with Crippen LogP contribution in [0.15, 0.2) is 107 Å². The lowest BCUT2D eigenvalue weighted by Gasteiger charge is -2.45. The van der Waals surface area contributed by atoms with E-state index in [-0.39, 0.29) is 240 Å². The van der Waals surface area contributed by atoms with Crippen molar-refractivity contribution in [1.29, 1.82) is 15.8 Å². The van der Waals surface area contributed by atoms with Gasteiger partial charge in [0.25, 0.3) is 16.7 Å². The lowest BCUT2D eigenvalue weighted by atomic mass is 10.0. The Kier molecular flexibility index (Phi) is 32.4. The van der Waals surface area contributed by atoms with Gasteiger partial charge in [-0.1, -0.05) is 224 Å². The first-order valence-corrected chi connectivity index (χ1v) is 49.2. The van der Waals surface area contributed by atoms with Gasteiger partial charge in [-0.3, -0.25) is 57.4 Å². The number of carbonyl (C=O) groups is 3. The van der Waals surface area contributed by atoms with Crippen molar-refractivity contribution in [2.45, 2.75) is 158 Å². The van der Waals surface area contributed by atoms with Crippen molar-refractivity contribution in [2.75, 3.05) is 71.2 Å². The maximum Gasteiger partial charge on any atom is 0.276 e. The Morgan fingerprint density at radius 2 is 0.617 bits per heavy atom. The summed E-state index contributed by atoms with van der Waals surface area (Å²) < 4.78 is 19.9. The number of benzene rings is 3.